The Morgan fingerprint density at radius 3 is 2.81 bits per heavy atom. The van der Waals surface area contributed by atoms with Crippen LogP contribution >= 0.6 is 11.3 Å². The minimum Gasteiger partial charge on any atom is -0.481 e. The number of hydrogen-bond acceptors (Lipinski definition) is 5. The molecule has 4 rings (SSSR count). The van der Waals surface area contributed by atoms with Crippen LogP contribution in [0.2, 0.25) is 0 Å². The van der Waals surface area contributed by atoms with Gasteiger partial charge in [-0.15, -0.1) is 11.3 Å². The van der Waals surface area contributed by atoms with E-state index in [0.29, 0.717) is 17.7 Å². The number of pyridine rings is 1. The molecule has 7 heteroatoms. The number of fused-ring (bicyclic) bond motifs is 1. The van der Waals surface area contributed by atoms with E-state index in [-0.39, 0.29) is 12.2 Å². The van der Waals surface area contributed by atoms with Crippen molar-refractivity contribution in [1.82, 2.24) is 4.98 Å². The molecule has 1 aliphatic heterocycles. The average Bonchev–Trinajstić information content (AvgIpc) is 3.13. The van der Waals surface area contributed by atoms with Gasteiger partial charge in [0.15, 0.2) is 9.84 Å². The predicted octanol–water partition coefficient (Wildman–Crippen LogP) is 4.23. The minimum absolute atomic E-state index is 0.0508. The molecule has 1 saturated heterocycles. The largest absolute Gasteiger partial charge is 0.481 e. The maximum Gasteiger partial charge on any atom is 0.305 e. The Kier molecular flexibility index (Phi) is 4.52. The van der Waals surface area contributed by atoms with Crippen LogP contribution in [0.25, 0.3) is 21.3 Å². The van der Waals surface area contributed by atoms with Crippen molar-refractivity contribution in [3.8, 4) is 10.4 Å². The van der Waals surface area contributed by atoms with Crippen LogP contribution < -0.4 is 0 Å². The first-order valence-electron chi connectivity index (χ1n) is 8.81. The highest BCUT2D eigenvalue weighted by molar-refractivity contribution is 7.92. The standard InChI is InChI=1S/C20H19NO4S2/c22-19(23)13-20(9-1-2-11-27(20,24)25)18-8-7-17(26-18)15-5-6-16-14(12-15)4-3-10-21-16/h3-8,10,12H,1-2,9,11,13H2,(H,22,23)/t20-/m0/s1. The van der Waals surface area contributed by atoms with Crippen LogP contribution in [-0.4, -0.2) is 30.2 Å². The van der Waals surface area contributed by atoms with Crippen molar-refractivity contribution < 1.29 is 18.3 Å². The predicted molar refractivity (Wildman–Crippen MR) is 107 cm³/mol. The molecule has 0 unspecified atom stereocenters. The highest BCUT2D eigenvalue weighted by Gasteiger charge is 2.49. The van der Waals surface area contributed by atoms with Crippen LogP contribution in [-0.2, 0) is 19.4 Å². The fourth-order valence-electron chi connectivity index (χ4n) is 3.83. The quantitative estimate of drug-likeness (QED) is 0.707. The summed E-state index contributed by atoms with van der Waals surface area (Å²) < 4.78 is 24.5. The van der Waals surface area contributed by atoms with Crippen molar-refractivity contribution in [3.63, 3.8) is 0 Å². The Labute approximate surface area is 161 Å². The number of aliphatic carboxylic acids is 1. The van der Waals surface area contributed by atoms with Gasteiger partial charge < -0.3 is 5.11 Å². The number of nitrogens with zero attached hydrogens (tertiary/aromatic N) is 1. The summed E-state index contributed by atoms with van der Waals surface area (Å²) in [6.07, 6.45) is 3.05. The van der Waals surface area contributed by atoms with Gasteiger partial charge >= 0.3 is 5.97 Å². The molecule has 1 aliphatic rings. The summed E-state index contributed by atoms with van der Waals surface area (Å²) in [7, 11) is -3.52. The Morgan fingerprint density at radius 2 is 2.04 bits per heavy atom. The Balaban J connectivity index is 1.80. The molecule has 3 aromatic rings. The van der Waals surface area contributed by atoms with E-state index in [9.17, 15) is 18.3 Å². The maximum atomic E-state index is 12.9. The van der Waals surface area contributed by atoms with Gasteiger partial charge in [0, 0.05) is 21.3 Å². The molecule has 1 atom stereocenters. The zero-order valence-electron chi connectivity index (χ0n) is 14.6. The first-order chi connectivity index (χ1) is 12.9. The molecule has 3 heterocycles. The highest BCUT2D eigenvalue weighted by atomic mass is 32.2. The molecule has 0 bridgehead atoms. The molecule has 27 heavy (non-hydrogen) atoms. The molecule has 0 spiro atoms. The molecule has 0 aliphatic carbocycles. The molecule has 1 N–H and O–H groups in total. The Bertz CT molecular complexity index is 1120. The molecule has 1 aromatic carbocycles. The van der Waals surface area contributed by atoms with E-state index < -0.39 is 20.6 Å². The van der Waals surface area contributed by atoms with Gasteiger partial charge in [0.2, 0.25) is 0 Å². The second-order valence-corrected chi connectivity index (χ2v) is 10.4. The lowest BCUT2D eigenvalue weighted by molar-refractivity contribution is -0.137. The number of rotatable bonds is 4. The summed E-state index contributed by atoms with van der Waals surface area (Å²) in [6.45, 7) is 0. The summed E-state index contributed by atoms with van der Waals surface area (Å²) >= 11 is 1.38. The number of benzene rings is 1. The van der Waals surface area contributed by atoms with Gasteiger partial charge in [-0.3, -0.25) is 9.78 Å². The zero-order chi connectivity index (χ0) is 19.1. The van der Waals surface area contributed by atoms with E-state index in [4.69, 9.17) is 0 Å². The van der Waals surface area contributed by atoms with Gasteiger partial charge in [-0.2, -0.15) is 0 Å². The Morgan fingerprint density at radius 1 is 1.19 bits per heavy atom. The van der Waals surface area contributed by atoms with Crippen LogP contribution in [0.3, 0.4) is 0 Å². The fraction of sp³-hybridized carbons (Fsp3) is 0.300. The number of carbonyl (C=O) groups is 1. The van der Waals surface area contributed by atoms with Crippen molar-refractivity contribution in [2.75, 3.05) is 5.75 Å². The van der Waals surface area contributed by atoms with E-state index in [1.54, 1.807) is 12.3 Å². The third kappa shape index (κ3) is 3.15. The molecular weight excluding hydrogens is 382 g/mol. The van der Waals surface area contributed by atoms with Crippen molar-refractivity contribution in [2.24, 2.45) is 0 Å². The molecule has 0 amide bonds. The third-order valence-electron chi connectivity index (χ3n) is 5.22. The van der Waals surface area contributed by atoms with Crippen LogP contribution in [0.15, 0.2) is 48.7 Å². The first-order valence-corrected chi connectivity index (χ1v) is 11.3. The lowest BCUT2D eigenvalue weighted by atomic mass is 9.95. The van der Waals surface area contributed by atoms with Gasteiger partial charge in [-0.1, -0.05) is 18.6 Å². The fourth-order valence-corrected chi connectivity index (χ4v) is 7.59. The zero-order valence-corrected chi connectivity index (χ0v) is 16.2. The second-order valence-electron chi connectivity index (χ2n) is 6.92. The van der Waals surface area contributed by atoms with E-state index in [1.807, 2.05) is 36.4 Å². The summed E-state index contributed by atoms with van der Waals surface area (Å²) in [6, 6.07) is 13.5. The van der Waals surface area contributed by atoms with Gasteiger partial charge in [-0.05, 0) is 48.7 Å². The molecule has 0 saturated carbocycles. The number of carboxylic acids is 1. The number of aromatic nitrogens is 1. The molecule has 1 fully saturated rings. The lowest BCUT2D eigenvalue weighted by Crippen LogP contribution is -2.41. The van der Waals surface area contributed by atoms with Gasteiger partial charge in [0.05, 0.1) is 17.7 Å². The summed E-state index contributed by atoms with van der Waals surface area (Å²) in [5.74, 6) is -1.03. The number of carboxylic acid groups (broad SMARTS) is 1. The topological polar surface area (TPSA) is 84.3 Å². The minimum atomic E-state index is -3.52. The molecule has 5 nitrogen and oxygen atoms in total. The summed E-state index contributed by atoms with van der Waals surface area (Å²) in [4.78, 5) is 17.4. The SMILES string of the molecule is O=C(O)C[C@]1(c2ccc(-c3ccc4ncccc4c3)s2)CCCCS1(=O)=O. The van der Waals surface area contributed by atoms with Gasteiger partial charge in [0.1, 0.15) is 4.75 Å². The molecule has 140 valence electrons. The van der Waals surface area contributed by atoms with Crippen LogP contribution in [0.4, 0.5) is 0 Å². The van der Waals surface area contributed by atoms with E-state index in [2.05, 4.69) is 4.98 Å². The van der Waals surface area contributed by atoms with E-state index in [1.165, 1.54) is 11.3 Å². The van der Waals surface area contributed by atoms with Crippen molar-refractivity contribution in [3.05, 3.63) is 53.5 Å². The average molecular weight is 402 g/mol. The maximum absolute atomic E-state index is 12.9. The second kappa shape index (κ2) is 6.73. The van der Waals surface area contributed by atoms with Crippen LogP contribution in [0.1, 0.15) is 30.6 Å². The monoisotopic (exact) mass is 401 g/mol. The highest BCUT2D eigenvalue weighted by Crippen LogP contribution is 2.47. The summed E-state index contributed by atoms with van der Waals surface area (Å²) in [5, 5.41) is 10.4. The van der Waals surface area contributed by atoms with E-state index in [0.717, 1.165) is 27.8 Å². The number of thiophene rings is 1. The van der Waals surface area contributed by atoms with Gasteiger partial charge in [0.25, 0.3) is 0 Å². The van der Waals surface area contributed by atoms with Crippen molar-refractivity contribution in [2.45, 2.75) is 30.4 Å². The smallest absolute Gasteiger partial charge is 0.305 e. The Hall–Kier alpha value is -2.25. The van der Waals surface area contributed by atoms with Crippen LogP contribution in [0.5, 0.6) is 0 Å². The molecule has 0 radical (unpaired) electrons. The first kappa shape index (κ1) is 18.1. The summed E-state index contributed by atoms with van der Waals surface area (Å²) in [5.41, 5.74) is 1.88. The van der Waals surface area contributed by atoms with E-state index >= 15 is 0 Å². The van der Waals surface area contributed by atoms with Crippen LogP contribution in [0, 0.1) is 0 Å². The molecular formula is C20H19NO4S2. The number of hydrogen-bond donors (Lipinski definition) is 1. The van der Waals surface area contributed by atoms with Crippen molar-refractivity contribution >= 4 is 38.0 Å². The molecule has 2 aromatic heterocycles. The third-order valence-corrected chi connectivity index (χ3v) is 9.27. The number of sulfone groups is 1. The van der Waals surface area contributed by atoms with Crippen molar-refractivity contribution in [1.29, 1.82) is 0 Å². The lowest BCUT2D eigenvalue weighted by Gasteiger charge is -2.34. The normalized spacial score (nSPS) is 21.9. The van der Waals surface area contributed by atoms with Gasteiger partial charge in [-0.25, -0.2) is 8.42 Å².